The quantitative estimate of drug-likeness (QED) is 0.659. The maximum atomic E-state index is 5.43. The zero-order valence-corrected chi connectivity index (χ0v) is 9.96. The van der Waals surface area contributed by atoms with Crippen LogP contribution in [0.15, 0.2) is 0 Å². The third-order valence-corrected chi connectivity index (χ3v) is 2.91. The number of unbranched alkanes of at least 4 members (excludes halogenated alkanes) is 2. The summed E-state index contributed by atoms with van der Waals surface area (Å²) in [4.78, 5) is 0. The molecule has 0 amide bonds. The Bertz CT molecular complexity index is 134. The standard InChI is InChI=1S/C12H25NO2/c1-14-9-4-2-3-8-13-12-6-5-10-15-11-7-12/h12-13H,2-11H2,1H3. The van der Waals surface area contributed by atoms with Crippen LogP contribution in [0.2, 0.25) is 0 Å². The summed E-state index contributed by atoms with van der Waals surface area (Å²) in [6, 6.07) is 0.690. The molecule has 0 aromatic heterocycles. The van der Waals surface area contributed by atoms with E-state index in [4.69, 9.17) is 9.47 Å². The fourth-order valence-corrected chi connectivity index (χ4v) is 1.96. The van der Waals surface area contributed by atoms with Crippen molar-refractivity contribution < 1.29 is 9.47 Å². The number of rotatable bonds is 7. The topological polar surface area (TPSA) is 30.5 Å². The van der Waals surface area contributed by atoms with Crippen LogP contribution in [0.3, 0.4) is 0 Å². The average molecular weight is 215 g/mol. The Morgan fingerprint density at radius 2 is 2.13 bits per heavy atom. The van der Waals surface area contributed by atoms with Gasteiger partial charge in [-0.3, -0.25) is 0 Å². The van der Waals surface area contributed by atoms with Crippen molar-refractivity contribution in [2.24, 2.45) is 0 Å². The fourth-order valence-electron chi connectivity index (χ4n) is 1.96. The second-order valence-corrected chi connectivity index (χ2v) is 4.25. The molecule has 1 unspecified atom stereocenters. The Labute approximate surface area is 93.5 Å². The molecule has 0 aromatic carbocycles. The number of ether oxygens (including phenoxy) is 2. The molecular formula is C12H25NO2. The summed E-state index contributed by atoms with van der Waals surface area (Å²) in [5.74, 6) is 0. The number of nitrogens with one attached hydrogen (secondary N) is 1. The predicted octanol–water partition coefficient (Wildman–Crippen LogP) is 1.96. The third kappa shape index (κ3) is 6.88. The third-order valence-electron chi connectivity index (χ3n) is 2.91. The van der Waals surface area contributed by atoms with Crippen molar-refractivity contribution in [3.63, 3.8) is 0 Å². The predicted molar refractivity (Wildman–Crippen MR) is 62.2 cm³/mol. The van der Waals surface area contributed by atoms with Gasteiger partial charge in [0, 0.05) is 33.0 Å². The molecule has 1 rings (SSSR count). The van der Waals surface area contributed by atoms with E-state index < -0.39 is 0 Å². The van der Waals surface area contributed by atoms with E-state index in [0.717, 1.165) is 26.4 Å². The number of hydrogen-bond acceptors (Lipinski definition) is 3. The minimum atomic E-state index is 0.690. The molecule has 1 fully saturated rings. The highest BCUT2D eigenvalue weighted by atomic mass is 16.5. The Kier molecular flexibility index (Phi) is 7.88. The molecule has 90 valence electrons. The summed E-state index contributed by atoms with van der Waals surface area (Å²) < 4.78 is 10.4. The van der Waals surface area contributed by atoms with Gasteiger partial charge in [0.05, 0.1) is 0 Å². The van der Waals surface area contributed by atoms with Gasteiger partial charge in [-0.15, -0.1) is 0 Å². The molecule has 0 aromatic rings. The Balaban J connectivity index is 1.89. The summed E-state index contributed by atoms with van der Waals surface area (Å²) in [5, 5.41) is 3.62. The van der Waals surface area contributed by atoms with Gasteiger partial charge in [-0.1, -0.05) is 0 Å². The van der Waals surface area contributed by atoms with Crippen LogP contribution in [0, 0.1) is 0 Å². The molecule has 1 aliphatic heterocycles. The zero-order chi connectivity index (χ0) is 10.8. The first kappa shape index (κ1) is 12.9. The van der Waals surface area contributed by atoms with Gasteiger partial charge < -0.3 is 14.8 Å². The van der Waals surface area contributed by atoms with Crippen molar-refractivity contribution in [2.75, 3.05) is 33.5 Å². The summed E-state index contributed by atoms with van der Waals surface area (Å²) in [6.07, 6.45) is 7.38. The van der Waals surface area contributed by atoms with Gasteiger partial charge in [-0.2, -0.15) is 0 Å². The van der Waals surface area contributed by atoms with E-state index in [1.807, 2.05) is 0 Å². The van der Waals surface area contributed by atoms with E-state index in [-0.39, 0.29) is 0 Å². The molecule has 3 nitrogen and oxygen atoms in total. The Morgan fingerprint density at radius 1 is 1.20 bits per heavy atom. The summed E-state index contributed by atoms with van der Waals surface area (Å²) in [7, 11) is 1.77. The molecule has 0 radical (unpaired) electrons. The minimum absolute atomic E-state index is 0.690. The van der Waals surface area contributed by atoms with Crippen LogP contribution >= 0.6 is 0 Å². The molecule has 1 saturated heterocycles. The first-order valence-electron chi connectivity index (χ1n) is 6.23. The molecule has 15 heavy (non-hydrogen) atoms. The molecule has 0 saturated carbocycles. The molecular weight excluding hydrogens is 190 g/mol. The monoisotopic (exact) mass is 215 g/mol. The molecule has 1 N–H and O–H groups in total. The average Bonchev–Trinajstić information content (AvgIpc) is 2.52. The van der Waals surface area contributed by atoms with Crippen molar-refractivity contribution in [1.82, 2.24) is 5.32 Å². The first-order chi connectivity index (χ1) is 7.43. The SMILES string of the molecule is COCCCCCNC1CCCOCC1. The van der Waals surface area contributed by atoms with Crippen molar-refractivity contribution in [2.45, 2.75) is 44.6 Å². The van der Waals surface area contributed by atoms with Crippen LogP contribution < -0.4 is 5.32 Å². The van der Waals surface area contributed by atoms with Crippen LogP contribution in [0.5, 0.6) is 0 Å². The van der Waals surface area contributed by atoms with Crippen molar-refractivity contribution in [3.05, 3.63) is 0 Å². The molecule has 0 spiro atoms. The first-order valence-corrected chi connectivity index (χ1v) is 6.23. The lowest BCUT2D eigenvalue weighted by molar-refractivity contribution is 0.142. The van der Waals surface area contributed by atoms with E-state index in [1.165, 1.54) is 38.5 Å². The second-order valence-electron chi connectivity index (χ2n) is 4.25. The van der Waals surface area contributed by atoms with Gasteiger partial charge >= 0.3 is 0 Å². The summed E-state index contributed by atoms with van der Waals surface area (Å²) in [6.45, 7) is 3.93. The Hall–Kier alpha value is -0.120. The van der Waals surface area contributed by atoms with E-state index in [1.54, 1.807) is 7.11 Å². The van der Waals surface area contributed by atoms with Gasteiger partial charge in [0.25, 0.3) is 0 Å². The molecule has 1 heterocycles. The van der Waals surface area contributed by atoms with Crippen LogP contribution in [-0.2, 0) is 9.47 Å². The highest BCUT2D eigenvalue weighted by Gasteiger charge is 2.10. The van der Waals surface area contributed by atoms with Crippen LogP contribution in [-0.4, -0.2) is 39.5 Å². The van der Waals surface area contributed by atoms with Crippen molar-refractivity contribution >= 4 is 0 Å². The van der Waals surface area contributed by atoms with E-state index >= 15 is 0 Å². The lowest BCUT2D eigenvalue weighted by atomic mass is 10.1. The fraction of sp³-hybridized carbons (Fsp3) is 1.00. The molecule has 0 bridgehead atoms. The van der Waals surface area contributed by atoms with Crippen molar-refractivity contribution in [3.8, 4) is 0 Å². The lowest BCUT2D eigenvalue weighted by Gasteiger charge is -2.15. The summed E-state index contributed by atoms with van der Waals surface area (Å²) >= 11 is 0. The normalized spacial score (nSPS) is 22.6. The van der Waals surface area contributed by atoms with Gasteiger partial charge in [-0.25, -0.2) is 0 Å². The summed E-state index contributed by atoms with van der Waals surface area (Å²) in [5.41, 5.74) is 0. The maximum Gasteiger partial charge on any atom is 0.0480 e. The highest BCUT2D eigenvalue weighted by molar-refractivity contribution is 4.68. The van der Waals surface area contributed by atoms with Gasteiger partial charge in [-0.05, 0) is 45.1 Å². The van der Waals surface area contributed by atoms with Crippen LogP contribution in [0.1, 0.15) is 38.5 Å². The lowest BCUT2D eigenvalue weighted by Crippen LogP contribution is -2.30. The second kappa shape index (κ2) is 9.13. The number of hydrogen-bond donors (Lipinski definition) is 1. The van der Waals surface area contributed by atoms with Gasteiger partial charge in [0.1, 0.15) is 0 Å². The van der Waals surface area contributed by atoms with Crippen LogP contribution in [0.25, 0.3) is 0 Å². The van der Waals surface area contributed by atoms with Crippen LogP contribution in [0.4, 0.5) is 0 Å². The largest absolute Gasteiger partial charge is 0.385 e. The minimum Gasteiger partial charge on any atom is -0.385 e. The Morgan fingerprint density at radius 3 is 3.00 bits per heavy atom. The van der Waals surface area contributed by atoms with E-state index in [0.29, 0.717) is 6.04 Å². The van der Waals surface area contributed by atoms with Gasteiger partial charge in [0.2, 0.25) is 0 Å². The zero-order valence-electron chi connectivity index (χ0n) is 9.96. The maximum absolute atomic E-state index is 5.43. The smallest absolute Gasteiger partial charge is 0.0480 e. The van der Waals surface area contributed by atoms with Crippen molar-refractivity contribution in [1.29, 1.82) is 0 Å². The van der Waals surface area contributed by atoms with E-state index in [9.17, 15) is 0 Å². The molecule has 1 aliphatic rings. The molecule has 0 aliphatic carbocycles. The molecule has 3 heteroatoms. The highest BCUT2D eigenvalue weighted by Crippen LogP contribution is 2.08. The number of methoxy groups -OCH3 is 1. The molecule has 1 atom stereocenters. The van der Waals surface area contributed by atoms with E-state index in [2.05, 4.69) is 5.32 Å². The van der Waals surface area contributed by atoms with Gasteiger partial charge in [0.15, 0.2) is 0 Å².